The highest BCUT2D eigenvalue weighted by Gasteiger charge is 2.10. The summed E-state index contributed by atoms with van der Waals surface area (Å²) < 4.78 is 26.7. The molecule has 4 nitrogen and oxygen atoms in total. The van der Waals surface area contributed by atoms with Crippen LogP contribution in [0.1, 0.15) is 0 Å². The summed E-state index contributed by atoms with van der Waals surface area (Å²) >= 11 is 0. The van der Waals surface area contributed by atoms with Gasteiger partial charge in [0.05, 0.1) is 5.56 Å². The Morgan fingerprint density at radius 3 is 2.36 bits per heavy atom. The molecule has 1 aromatic heterocycles. The second kappa shape index (κ2) is 5.77. The van der Waals surface area contributed by atoms with E-state index in [9.17, 15) is 8.78 Å². The van der Waals surface area contributed by atoms with Gasteiger partial charge >= 0.3 is 0 Å². The number of nitrogens with two attached hydrogens (primary N) is 1. The van der Waals surface area contributed by atoms with Crippen LogP contribution in [0.15, 0.2) is 54.6 Å². The lowest BCUT2D eigenvalue weighted by Gasteiger charge is -2.09. The van der Waals surface area contributed by atoms with Crippen molar-refractivity contribution in [2.75, 3.05) is 11.1 Å². The molecule has 0 fully saturated rings. The first-order chi connectivity index (χ1) is 10.6. The first-order valence-corrected chi connectivity index (χ1v) is 6.54. The average molecular weight is 298 g/mol. The summed E-state index contributed by atoms with van der Waals surface area (Å²) in [4.78, 5) is 8.29. The Bertz CT molecular complexity index is 803. The van der Waals surface area contributed by atoms with Crippen LogP contribution < -0.4 is 11.1 Å². The lowest BCUT2D eigenvalue weighted by molar-refractivity contribution is 0.628. The number of rotatable bonds is 3. The van der Waals surface area contributed by atoms with Gasteiger partial charge in [0.15, 0.2) is 5.82 Å². The van der Waals surface area contributed by atoms with E-state index in [1.165, 1.54) is 24.3 Å². The number of nitrogen functional groups attached to an aromatic ring is 1. The summed E-state index contributed by atoms with van der Waals surface area (Å²) in [7, 11) is 0. The Morgan fingerprint density at radius 2 is 1.64 bits per heavy atom. The molecule has 0 amide bonds. The van der Waals surface area contributed by atoms with Crippen molar-refractivity contribution in [3.63, 3.8) is 0 Å². The third-order valence-electron chi connectivity index (χ3n) is 2.98. The molecule has 0 saturated carbocycles. The molecule has 0 unspecified atom stereocenters. The van der Waals surface area contributed by atoms with Crippen molar-refractivity contribution in [2.45, 2.75) is 0 Å². The summed E-state index contributed by atoms with van der Waals surface area (Å²) in [5, 5.41) is 2.98. The number of aromatic nitrogens is 2. The van der Waals surface area contributed by atoms with Gasteiger partial charge in [0.25, 0.3) is 0 Å². The Hall–Kier alpha value is -3.02. The molecule has 0 saturated heterocycles. The van der Waals surface area contributed by atoms with Crippen molar-refractivity contribution < 1.29 is 8.78 Å². The number of hydrogen-bond acceptors (Lipinski definition) is 4. The molecular formula is C16H12F2N4. The molecule has 110 valence electrons. The number of halogens is 2. The monoisotopic (exact) mass is 298 g/mol. The first-order valence-electron chi connectivity index (χ1n) is 6.54. The maximum absolute atomic E-state index is 13.8. The van der Waals surface area contributed by atoms with Gasteiger partial charge in [-0.3, -0.25) is 0 Å². The van der Waals surface area contributed by atoms with Gasteiger partial charge in [0.1, 0.15) is 23.3 Å². The average Bonchev–Trinajstić information content (AvgIpc) is 2.49. The van der Waals surface area contributed by atoms with Crippen LogP contribution in [0.3, 0.4) is 0 Å². The van der Waals surface area contributed by atoms with Crippen LogP contribution in [0.4, 0.5) is 26.1 Å². The Morgan fingerprint density at radius 1 is 0.909 bits per heavy atom. The quantitative estimate of drug-likeness (QED) is 0.773. The Kier molecular flexibility index (Phi) is 3.65. The van der Waals surface area contributed by atoms with Crippen LogP contribution >= 0.6 is 0 Å². The lowest BCUT2D eigenvalue weighted by atomic mass is 10.2. The van der Waals surface area contributed by atoms with E-state index in [-0.39, 0.29) is 23.0 Å². The number of anilines is 3. The molecule has 0 aliphatic rings. The topological polar surface area (TPSA) is 63.8 Å². The highest BCUT2D eigenvalue weighted by Crippen LogP contribution is 2.23. The highest BCUT2D eigenvalue weighted by molar-refractivity contribution is 5.64. The third kappa shape index (κ3) is 3.01. The smallest absolute Gasteiger partial charge is 0.166 e. The van der Waals surface area contributed by atoms with Crippen LogP contribution in [0.25, 0.3) is 11.4 Å². The second-order valence-corrected chi connectivity index (χ2v) is 4.61. The van der Waals surface area contributed by atoms with E-state index in [4.69, 9.17) is 5.73 Å². The normalized spacial score (nSPS) is 10.5. The van der Waals surface area contributed by atoms with Gasteiger partial charge in [0.2, 0.25) is 0 Å². The van der Waals surface area contributed by atoms with Gasteiger partial charge in [-0.1, -0.05) is 12.1 Å². The van der Waals surface area contributed by atoms with Gasteiger partial charge in [0, 0.05) is 11.8 Å². The minimum atomic E-state index is -0.430. The molecule has 2 aromatic carbocycles. The van der Waals surface area contributed by atoms with Crippen molar-refractivity contribution in [1.29, 1.82) is 0 Å². The SMILES string of the molecule is Nc1cc(Nc2ccc(F)cc2)nc(-c2ccccc2F)n1. The summed E-state index contributed by atoms with van der Waals surface area (Å²) in [5.41, 5.74) is 6.65. The van der Waals surface area contributed by atoms with E-state index in [1.807, 2.05) is 0 Å². The fourth-order valence-electron chi connectivity index (χ4n) is 1.97. The zero-order valence-electron chi connectivity index (χ0n) is 11.4. The van der Waals surface area contributed by atoms with Gasteiger partial charge < -0.3 is 11.1 Å². The van der Waals surface area contributed by atoms with Crippen LogP contribution in [-0.2, 0) is 0 Å². The molecule has 3 aromatic rings. The largest absolute Gasteiger partial charge is 0.384 e. The predicted molar refractivity (Wildman–Crippen MR) is 81.5 cm³/mol. The molecule has 0 radical (unpaired) electrons. The minimum Gasteiger partial charge on any atom is -0.384 e. The molecule has 0 bridgehead atoms. The van der Waals surface area contributed by atoms with Gasteiger partial charge in [-0.2, -0.15) is 0 Å². The molecule has 6 heteroatoms. The van der Waals surface area contributed by atoms with E-state index >= 15 is 0 Å². The summed E-state index contributed by atoms with van der Waals surface area (Å²) in [5.74, 6) is 0.0265. The molecule has 3 rings (SSSR count). The number of nitrogens with one attached hydrogen (secondary N) is 1. The molecule has 1 heterocycles. The van der Waals surface area contributed by atoms with Crippen LogP contribution in [0.2, 0.25) is 0 Å². The maximum Gasteiger partial charge on any atom is 0.166 e. The van der Waals surface area contributed by atoms with E-state index in [1.54, 1.807) is 30.3 Å². The van der Waals surface area contributed by atoms with E-state index in [2.05, 4.69) is 15.3 Å². The number of hydrogen-bond donors (Lipinski definition) is 2. The van der Waals surface area contributed by atoms with E-state index in [0.29, 0.717) is 11.5 Å². The molecule has 0 aliphatic heterocycles. The second-order valence-electron chi connectivity index (χ2n) is 4.61. The highest BCUT2D eigenvalue weighted by atomic mass is 19.1. The minimum absolute atomic E-state index is 0.183. The molecule has 0 spiro atoms. The lowest BCUT2D eigenvalue weighted by Crippen LogP contribution is -2.01. The van der Waals surface area contributed by atoms with E-state index in [0.717, 1.165) is 0 Å². The van der Waals surface area contributed by atoms with E-state index < -0.39 is 5.82 Å². The predicted octanol–water partition coefficient (Wildman–Crippen LogP) is 3.75. The molecule has 0 atom stereocenters. The van der Waals surface area contributed by atoms with Gasteiger partial charge in [-0.15, -0.1) is 0 Å². The molecular weight excluding hydrogens is 286 g/mol. The summed E-state index contributed by atoms with van der Waals surface area (Å²) in [6.07, 6.45) is 0. The summed E-state index contributed by atoms with van der Waals surface area (Å²) in [6, 6.07) is 13.5. The zero-order chi connectivity index (χ0) is 15.5. The first kappa shape index (κ1) is 13.9. The van der Waals surface area contributed by atoms with Crippen molar-refractivity contribution in [1.82, 2.24) is 9.97 Å². The van der Waals surface area contributed by atoms with Crippen molar-refractivity contribution >= 4 is 17.3 Å². The van der Waals surface area contributed by atoms with Crippen LogP contribution in [0, 0.1) is 11.6 Å². The molecule has 3 N–H and O–H groups in total. The van der Waals surface area contributed by atoms with Crippen molar-refractivity contribution in [3.8, 4) is 11.4 Å². The van der Waals surface area contributed by atoms with Crippen molar-refractivity contribution in [3.05, 3.63) is 66.2 Å². The maximum atomic E-state index is 13.8. The molecule has 22 heavy (non-hydrogen) atoms. The van der Waals surface area contributed by atoms with Crippen LogP contribution in [0.5, 0.6) is 0 Å². The third-order valence-corrected chi connectivity index (χ3v) is 2.98. The van der Waals surface area contributed by atoms with Gasteiger partial charge in [-0.25, -0.2) is 18.7 Å². The van der Waals surface area contributed by atoms with Gasteiger partial charge in [-0.05, 0) is 36.4 Å². The standard InChI is InChI=1S/C16H12F2N4/c17-10-5-7-11(8-6-10)20-15-9-14(19)21-16(22-15)12-3-1-2-4-13(12)18/h1-9H,(H3,19,20,21,22). The fraction of sp³-hybridized carbons (Fsp3) is 0. The number of nitrogens with zero attached hydrogens (tertiary/aromatic N) is 2. The Labute approximate surface area is 125 Å². The van der Waals surface area contributed by atoms with Crippen LogP contribution in [-0.4, -0.2) is 9.97 Å². The van der Waals surface area contributed by atoms with Crippen molar-refractivity contribution in [2.24, 2.45) is 0 Å². The number of benzene rings is 2. The zero-order valence-corrected chi connectivity index (χ0v) is 11.4. The summed E-state index contributed by atoms with van der Waals surface area (Å²) in [6.45, 7) is 0. The fourth-order valence-corrected chi connectivity index (χ4v) is 1.97. The Balaban J connectivity index is 1.96. The molecule has 0 aliphatic carbocycles.